The van der Waals surface area contributed by atoms with Gasteiger partial charge in [0.2, 0.25) is 0 Å². The van der Waals surface area contributed by atoms with Crippen molar-refractivity contribution in [3.8, 4) is 0 Å². The van der Waals surface area contributed by atoms with Gasteiger partial charge in [0.25, 0.3) is 0 Å². The molecular weight excluding hydrogens is 396 g/mol. The molecule has 2 saturated carbocycles. The van der Waals surface area contributed by atoms with E-state index in [1.165, 1.54) is 0 Å². The first kappa shape index (κ1) is 23.4. The molecule has 0 aromatic carbocycles. The van der Waals surface area contributed by atoms with Crippen molar-refractivity contribution in [3.05, 3.63) is 23.3 Å². The second-order valence-electron chi connectivity index (χ2n) is 11.3. The number of ether oxygens (including phenoxy) is 4. The summed E-state index contributed by atoms with van der Waals surface area (Å²) in [6.07, 6.45) is 0.108. The van der Waals surface area contributed by atoms with E-state index in [9.17, 15) is 10.2 Å². The quantitative estimate of drug-likeness (QED) is 0.520. The fraction of sp³-hybridized carbons (Fsp3) is 0.840. The van der Waals surface area contributed by atoms with Crippen LogP contribution in [0, 0.1) is 22.7 Å². The molecule has 3 fully saturated rings. The third-order valence-electron chi connectivity index (χ3n) is 8.65. The molecule has 8 atom stereocenters. The van der Waals surface area contributed by atoms with Gasteiger partial charge in [0.15, 0.2) is 5.79 Å². The smallest absolute Gasteiger partial charge is 0.164 e. The molecule has 4 rings (SSSR count). The standard InChI is InChI=1S/C25H40O6/c1-13-16(26)9-10-25(7)19(13)20(29-12-28-8)15-11-17(27)14(2)18(23(15,3)4)21-22(25)31-24(5,6)30-21/h15-17,19-22,26-27H,1,9-12H2,2-8H3/t15-,16-,17+,19-,20+,21+,22-,25+/m0/s1. The van der Waals surface area contributed by atoms with Gasteiger partial charge < -0.3 is 29.2 Å². The molecule has 31 heavy (non-hydrogen) atoms. The summed E-state index contributed by atoms with van der Waals surface area (Å²) in [5, 5.41) is 21.9. The van der Waals surface area contributed by atoms with Crippen LogP contribution in [0.2, 0.25) is 0 Å². The minimum absolute atomic E-state index is 0.0102. The van der Waals surface area contributed by atoms with E-state index < -0.39 is 18.0 Å². The van der Waals surface area contributed by atoms with Crippen LogP contribution < -0.4 is 0 Å². The van der Waals surface area contributed by atoms with E-state index in [-0.39, 0.29) is 47.8 Å². The topological polar surface area (TPSA) is 77.4 Å². The van der Waals surface area contributed by atoms with Crippen LogP contribution in [0.3, 0.4) is 0 Å². The lowest BCUT2D eigenvalue weighted by molar-refractivity contribution is -0.191. The Hall–Kier alpha value is -0.760. The average Bonchev–Trinajstić information content (AvgIpc) is 2.99. The summed E-state index contributed by atoms with van der Waals surface area (Å²) in [5.74, 6) is -0.877. The Morgan fingerprint density at radius 2 is 1.77 bits per heavy atom. The Balaban J connectivity index is 1.96. The summed E-state index contributed by atoms with van der Waals surface area (Å²) in [7, 11) is 1.62. The first-order valence-corrected chi connectivity index (χ1v) is 11.6. The van der Waals surface area contributed by atoms with Crippen LogP contribution in [-0.4, -0.2) is 60.4 Å². The SMILES string of the molecule is C=C1[C@@H](O)CC[C@@]2(C)[C@H]3OC(C)(C)O[C@@H]3C3=C(C)[C@H](O)C[C@@H]([C@@H](OCOC)[C@H]12)C3(C)C. The molecule has 0 unspecified atom stereocenters. The zero-order chi connectivity index (χ0) is 22.9. The number of hydrogen-bond donors (Lipinski definition) is 2. The van der Waals surface area contributed by atoms with Gasteiger partial charge in [-0.3, -0.25) is 0 Å². The molecular formula is C25H40O6. The number of fused-ring (bicyclic) bond motifs is 6. The van der Waals surface area contributed by atoms with Crippen molar-refractivity contribution in [2.24, 2.45) is 22.7 Å². The highest BCUT2D eigenvalue weighted by molar-refractivity contribution is 5.37. The second-order valence-corrected chi connectivity index (χ2v) is 11.3. The van der Waals surface area contributed by atoms with Gasteiger partial charge in [-0.2, -0.15) is 0 Å². The van der Waals surface area contributed by atoms with E-state index in [0.717, 1.165) is 23.1 Å². The highest BCUT2D eigenvalue weighted by Crippen LogP contribution is 2.62. The van der Waals surface area contributed by atoms with Crippen LogP contribution in [0.4, 0.5) is 0 Å². The molecule has 2 N–H and O–H groups in total. The minimum atomic E-state index is -0.741. The van der Waals surface area contributed by atoms with Crippen molar-refractivity contribution in [3.63, 3.8) is 0 Å². The molecule has 1 saturated heterocycles. The molecule has 1 heterocycles. The molecule has 176 valence electrons. The fourth-order valence-corrected chi connectivity index (χ4v) is 7.11. The highest BCUT2D eigenvalue weighted by atomic mass is 16.8. The molecule has 0 radical (unpaired) electrons. The summed E-state index contributed by atoms with van der Waals surface area (Å²) in [4.78, 5) is 0. The molecule has 6 nitrogen and oxygen atoms in total. The Morgan fingerprint density at radius 1 is 1.10 bits per heavy atom. The second kappa shape index (κ2) is 7.64. The van der Waals surface area contributed by atoms with Gasteiger partial charge in [0, 0.05) is 18.4 Å². The maximum absolute atomic E-state index is 11.1. The van der Waals surface area contributed by atoms with Crippen LogP contribution in [0.1, 0.15) is 60.8 Å². The molecule has 3 aliphatic carbocycles. The highest BCUT2D eigenvalue weighted by Gasteiger charge is 2.65. The van der Waals surface area contributed by atoms with Crippen LogP contribution in [-0.2, 0) is 18.9 Å². The first-order chi connectivity index (χ1) is 14.3. The third-order valence-corrected chi connectivity index (χ3v) is 8.65. The molecule has 1 aliphatic heterocycles. The lowest BCUT2D eigenvalue weighted by atomic mass is 9.49. The van der Waals surface area contributed by atoms with Gasteiger partial charge in [0.05, 0.1) is 24.4 Å². The van der Waals surface area contributed by atoms with Crippen molar-refractivity contribution < 1.29 is 29.2 Å². The molecule has 0 aromatic rings. The van der Waals surface area contributed by atoms with Crippen LogP contribution in [0.5, 0.6) is 0 Å². The van der Waals surface area contributed by atoms with Gasteiger partial charge in [0.1, 0.15) is 12.9 Å². The number of hydrogen-bond acceptors (Lipinski definition) is 6. The van der Waals surface area contributed by atoms with Crippen molar-refractivity contribution in [2.45, 2.75) is 97.1 Å². The zero-order valence-electron chi connectivity index (χ0n) is 20.1. The number of aliphatic hydroxyl groups excluding tert-OH is 2. The van der Waals surface area contributed by atoms with E-state index >= 15 is 0 Å². The first-order valence-electron chi connectivity index (χ1n) is 11.6. The van der Waals surface area contributed by atoms with E-state index in [4.69, 9.17) is 18.9 Å². The molecule has 0 aromatic heterocycles. The Morgan fingerprint density at radius 3 is 2.42 bits per heavy atom. The van der Waals surface area contributed by atoms with E-state index in [2.05, 4.69) is 27.4 Å². The monoisotopic (exact) mass is 436 g/mol. The molecule has 2 bridgehead atoms. The Kier molecular flexibility index (Phi) is 5.77. The van der Waals surface area contributed by atoms with E-state index in [0.29, 0.717) is 12.8 Å². The predicted molar refractivity (Wildman–Crippen MR) is 117 cm³/mol. The van der Waals surface area contributed by atoms with Crippen molar-refractivity contribution in [1.82, 2.24) is 0 Å². The largest absolute Gasteiger partial charge is 0.389 e. The van der Waals surface area contributed by atoms with Crippen LogP contribution >= 0.6 is 0 Å². The number of rotatable bonds is 3. The van der Waals surface area contributed by atoms with Gasteiger partial charge in [-0.05, 0) is 68.1 Å². The number of aliphatic hydroxyl groups is 2. The third kappa shape index (κ3) is 3.46. The van der Waals surface area contributed by atoms with Gasteiger partial charge >= 0.3 is 0 Å². The predicted octanol–water partition coefficient (Wildman–Crippen LogP) is 3.57. The van der Waals surface area contributed by atoms with E-state index in [1.54, 1.807) is 7.11 Å². The Bertz CT molecular complexity index is 770. The normalized spacial score (nSPS) is 46.2. The van der Waals surface area contributed by atoms with Crippen LogP contribution in [0.15, 0.2) is 23.3 Å². The molecule has 0 spiro atoms. The fourth-order valence-electron chi connectivity index (χ4n) is 7.11. The maximum Gasteiger partial charge on any atom is 0.164 e. The van der Waals surface area contributed by atoms with Crippen LogP contribution in [0.25, 0.3) is 0 Å². The van der Waals surface area contributed by atoms with E-state index in [1.807, 2.05) is 20.8 Å². The lowest BCUT2D eigenvalue weighted by Gasteiger charge is -2.59. The average molecular weight is 437 g/mol. The number of methoxy groups -OCH3 is 1. The van der Waals surface area contributed by atoms with Crippen molar-refractivity contribution >= 4 is 0 Å². The summed E-state index contributed by atoms with van der Waals surface area (Å²) < 4.78 is 24.9. The van der Waals surface area contributed by atoms with Crippen molar-refractivity contribution in [1.29, 1.82) is 0 Å². The molecule has 4 aliphatic rings. The Labute approximate surface area is 186 Å². The molecule has 6 heteroatoms. The zero-order valence-corrected chi connectivity index (χ0v) is 20.1. The summed E-state index contributed by atoms with van der Waals surface area (Å²) in [6, 6.07) is 0. The minimum Gasteiger partial charge on any atom is -0.389 e. The van der Waals surface area contributed by atoms with Gasteiger partial charge in [-0.25, -0.2) is 0 Å². The van der Waals surface area contributed by atoms with Gasteiger partial charge in [-0.15, -0.1) is 0 Å². The summed E-state index contributed by atoms with van der Waals surface area (Å²) in [5.41, 5.74) is 2.28. The summed E-state index contributed by atoms with van der Waals surface area (Å²) >= 11 is 0. The van der Waals surface area contributed by atoms with Gasteiger partial charge in [-0.1, -0.05) is 27.4 Å². The lowest BCUT2D eigenvalue weighted by Crippen LogP contribution is -2.62. The van der Waals surface area contributed by atoms with Crippen molar-refractivity contribution in [2.75, 3.05) is 13.9 Å². The molecule has 0 amide bonds. The maximum atomic E-state index is 11.1. The summed E-state index contributed by atoms with van der Waals surface area (Å²) in [6.45, 7) is 17.1.